The molecule has 36 heavy (non-hydrogen) atoms. The Balaban J connectivity index is 0.00000304. The Morgan fingerprint density at radius 2 is 1.39 bits per heavy atom. The van der Waals surface area contributed by atoms with Crippen molar-refractivity contribution in [3.63, 3.8) is 0 Å². The predicted molar refractivity (Wildman–Crippen MR) is 146 cm³/mol. The minimum absolute atomic E-state index is 0. The number of hydrogen-bond donors (Lipinski definition) is 0. The molecule has 0 saturated carbocycles. The summed E-state index contributed by atoms with van der Waals surface area (Å²) in [6.07, 6.45) is 0.714. The van der Waals surface area contributed by atoms with Crippen LogP contribution in [-0.4, -0.2) is 30.7 Å². The molecule has 4 nitrogen and oxygen atoms in total. The van der Waals surface area contributed by atoms with E-state index in [0.717, 1.165) is 0 Å². The molecular weight excluding hydrogens is 553 g/mol. The zero-order valence-corrected chi connectivity index (χ0v) is 23.2. The molecule has 1 fully saturated rings. The summed E-state index contributed by atoms with van der Waals surface area (Å²) in [6.45, 7) is 2.67. The van der Waals surface area contributed by atoms with E-state index in [4.69, 9.17) is 4.74 Å². The van der Waals surface area contributed by atoms with E-state index in [1.165, 1.54) is 27.3 Å². The largest absolute Gasteiger partial charge is 1.00 e. The van der Waals surface area contributed by atoms with Crippen LogP contribution < -0.4 is 37.8 Å². The lowest BCUT2D eigenvalue weighted by Gasteiger charge is -2.31. The third-order valence-corrected chi connectivity index (χ3v) is 12.2. The van der Waals surface area contributed by atoms with Crippen molar-refractivity contribution in [2.45, 2.75) is 19.0 Å². The summed E-state index contributed by atoms with van der Waals surface area (Å²) in [6, 6.07) is 33.2. The van der Waals surface area contributed by atoms with E-state index in [-0.39, 0.29) is 34.5 Å². The average molecular weight is 580 g/mol. The Morgan fingerprint density at radius 3 is 1.86 bits per heavy atom. The summed E-state index contributed by atoms with van der Waals surface area (Å²) >= 11 is 1.42. The van der Waals surface area contributed by atoms with Crippen LogP contribution >= 0.6 is 18.6 Å². The first kappa shape index (κ1) is 26.3. The van der Waals surface area contributed by atoms with Gasteiger partial charge in [0.05, 0.1) is 12.2 Å². The molecule has 4 aromatic rings. The molecule has 1 atom stereocenters. The lowest BCUT2D eigenvalue weighted by Crippen LogP contribution is -3.00. The maximum absolute atomic E-state index is 14.3. The van der Waals surface area contributed by atoms with Gasteiger partial charge in [-0.3, -0.25) is 9.69 Å². The van der Waals surface area contributed by atoms with Crippen molar-refractivity contribution in [3.05, 3.63) is 108 Å². The smallest absolute Gasteiger partial charge is 0.341 e. The van der Waals surface area contributed by atoms with Gasteiger partial charge >= 0.3 is 5.97 Å². The highest BCUT2D eigenvalue weighted by atomic mass is 79.9. The van der Waals surface area contributed by atoms with Gasteiger partial charge in [-0.1, -0.05) is 54.6 Å². The number of halogens is 1. The van der Waals surface area contributed by atoms with Crippen molar-refractivity contribution < 1.29 is 31.3 Å². The van der Waals surface area contributed by atoms with E-state index in [1.54, 1.807) is 13.0 Å². The van der Waals surface area contributed by atoms with E-state index in [2.05, 4.69) is 72.8 Å². The number of carbonyl (C=O) groups excluding carboxylic acids is 2. The number of amides is 1. The minimum atomic E-state index is -2.35. The summed E-state index contributed by atoms with van der Waals surface area (Å²) in [5.74, 6) is -0.307. The summed E-state index contributed by atoms with van der Waals surface area (Å²) in [7, 11) is -2.35. The number of ether oxygens (including phenoxy) is 1. The highest BCUT2D eigenvalue weighted by Crippen LogP contribution is 2.62. The number of hydrogen-bond acceptors (Lipinski definition) is 4. The van der Waals surface area contributed by atoms with Crippen LogP contribution in [0.4, 0.5) is 5.00 Å². The van der Waals surface area contributed by atoms with Gasteiger partial charge in [0, 0.05) is 13.0 Å². The van der Waals surface area contributed by atoms with Crippen molar-refractivity contribution in [3.8, 4) is 0 Å². The molecule has 184 valence electrons. The zero-order chi connectivity index (χ0) is 24.3. The number of anilines is 1. The maximum Gasteiger partial charge on any atom is 0.341 e. The predicted octanol–water partition coefficient (Wildman–Crippen LogP) is 2.03. The number of benzene rings is 3. The van der Waals surface area contributed by atoms with E-state index in [9.17, 15) is 9.59 Å². The molecule has 0 N–H and O–H groups in total. The Kier molecular flexibility index (Phi) is 8.40. The highest BCUT2D eigenvalue weighted by molar-refractivity contribution is 7.97. The number of nitrogens with zero attached hydrogens (tertiary/aromatic N) is 1. The Hall–Kier alpha value is -2.79. The first-order chi connectivity index (χ1) is 17.2. The number of esters is 1. The Morgan fingerprint density at radius 1 is 0.889 bits per heavy atom. The molecule has 1 amide bonds. The van der Waals surface area contributed by atoms with E-state index in [0.29, 0.717) is 30.1 Å². The first-order valence-electron chi connectivity index (χ1n) is 11.8. The molecule has 5 rings (SSSR count). The van der Waals surface area contributed by atoms with Crippen molar-refractivity contribution in [1.29, 1.82) is 0 Å². The lowest BCUT2D eigenvalue weighted by atomic mass is 10.3. The molecule has 0 radical (unpaired) electrons. The van der Waals surface area contributed by atoms with E-state index in [1.807, 2.05) is 28.5 Å². The second kappa shape index (κ2) is 11.5. The van der Waals surface area contributed by atoms with E-state index < -0.39 is 7.26 Å². The summed E-state index contributed by atoms with van der Waals surface area (Å²) < 4.78 is 5.26. The van der Waals surface area contributed by atoms with Crippen LogP contribution in [-0.2, 0) is 9.53 Å². The maximum atomic E-state index is 14.3. The molecule has 0 aliphatic carbocycles. The molecule has 7 heteroatoms. The van der Waals surface area contributed by atoms with E-state index >= 15 is 0 Å². The van der Waals surface area contributed by atoms with Crippen LogP contribution in [0.2, 0.25) is 0 Å². The first-order valence-corrected chi connectivity index (χ1v) is 14.5. The average Bonchev–Trinajstić information content (AvgIpc) is 3.54. The Labute approximate surface area is 227 Å². The van der Waals surface area contributed by atoms with Crippen molar-refractivity contribution in [2.75, 3.05) is 18.1 Å². The van der Waals surface area contributed by atoms with Gasteiger partial charge in [-0.15, -0.1) is 11.3 Å². The van der Waals surface area contributed by atoms with Gasteiger partial charge in [-0.05, 0) is 54.8 Å². The third-order valence-electron chi connectivity index (χ3n) is 6.52. The van der Waals surface area contributed by atoms with Crippen LogP contribution in [0, 0.1) is 0 Å². The third kappa shape index (κ3) is 4.54. The number of thiophene rings is 1. The van der Waals surface area contributed by atoms with Gasteiger partial charge in [-0.2, -0.15) is 0 Å². The number of carbonyl (C=O) groups is 2. The van der Waals surface area contributed by atoms with Crippen molar-refractivity contribution in [1.82, 2.24) is 0 Å². The zero-order valence-electron chi connectivity index (χ0n) is 19.9. The second-order valence-electron chi connectivity index (χ2n) is 8.38. The molecule has 3 aromatic carbocycles. The van der Waals surface area contributed by atoms with Crippen LogP contribution in [0.3, 0.4) is 0 Å². The van der Waals surface area contributed by atoms with Gasteiger partial charge in [0.1, 0.15) is 28.2 Å². The molecule has 2 heterocycles. The molecule has 1 saturated heterocycles. The fraction of sp³-hybridized carbons (Fsp3) is 0.172. The van der Waals surface area contributed by atoms with Crippen molar-refractivity contribution >= 4 is 51.4 Å². The van der Waals surface area contributed by atoms with Gasteiger partial charge in [-0.25, -0.2) is 4.79 Å². The molecule has 1 unspecified atom stereocenters. The lowest BCUT2D eigenvalue weighted by molar-refractivity contribution is -0.116. The molecule has 0 spiro atoms. The molecule has 1 aliphatic heterocycles. The normalized spacial score (nSPS) is 15.4. The van der Waals surface area contributed by atoms with Gasteiger partial charge in [0.25, 0.3) is 5.91 Å². The van der Waals surface area contributed by atoms with Gasteiger partial charge < -0.3 is 21.7 Å². The van der Waals surface area contributed by atoms with Crippen molar-refractivity contribution in [2.24, 2.45) is 0 Å². The molecular formula is C29H27BrNO3PS. The fourth-order valence-electron chi connectivity index (χ4n) is 5.08. The summed E-state index contributed by atoms with van der Waals surface area (Å²) in [4.78, 5) is 28.7. The second-order valence-corrected chi connectivity index (χ2v) is 12.9. The quantitative estimate of drug-likeness (QED) is 0.249. The van der Waals surface area contributed by atoms with Crippen LogP contribution in [0.5, 0.6) is 0 Å². The fourth-order valence-corrected chi connectivity index (χ4v) is 10.9. The van der Waals surface area contributed by atoms with Gasteiger partial charge in [0.2, 0.25) is 0 Å². The Bertz CT molecular complexity index is 1220. The summed E-state index contributed by atoms with van der Waals surface area (Å²) in [5.41, 5.74) is 0.237. The van der Waals surface area contributed by atoms with Crippen LogP contribution in [0.15, 0.2) is 102 Å². The van der Waals surface area contributed by atoms with Crippen LogP contribution in [0.25, 0.3) is 0 Å². The summed E-state index contributed by atoms with van der Waals surface area (Å²) in [5, 5.41) is 6.11. The SMILES string of the molecule is CCOC(=O)c1ccsc1N1CCC([P+](c2ccccc2)(c2ccccc2)c2ccccc2)C1=O.[Br-]. The highest BCUT2D eigenvalue weighted by Gasteiger charge is 2.59. The molecule has 1 aliphatic rings. The number of rotatable bonds is 7. The molecule has 1 aromatic heterocycles. The topological polar surface area (TPSA) is 46.6 Å². The van der Waals surface area contributed by atoms with Gasteiger partial charge in [0.15, 0.2) is 5.66 Å². The van der Waals surface area contributed by atoms with Crippen LogP contribution in [0.1, 0.15) is 23.7 Å². The monoisotopic (exact) mass is 579 g/mol. The standard InChI is InChI=1S/C29H27NO3PS.BrH/c1-2-33-29(32)25-19-21-35-28(25)30-20-18-26(27(30)31)34(22-12-6-3-7-13-22,23-14-8-4-9-15-23)24-16-10-5-11-17-24;/h3-17,19,21,26H,2,18,20H2,1H3;1H/q+1;/p-1. The molecule has 0 bridgehead atoms. The minimum Gasteiger partial charge on any atom is -1.00 e.